The summed E-state index contributed by atoms with van der Waals surface area (Å²) in [5, 5.41) is 12.1. The molecular formula is C16H25NO4. The Kier molecular flexibility index (Phi) is 5.79. The lowest BCUT2D eigenvalue weighted by Crippen LogP contribution is -2.42. The summed E-state index contributed by atoms with van der Waals surface area (Å²) in [5.41, 5.74) is 0. The number of unbranched alkanes of at least 4 members (excludes halogenated alkanes) is 5. The van der Waals surface area contributed by atoms with Gasteiger partial charge in [-0.2, -0.15) is 0 Å². The topological polar surface area (TPSA) is 75.6 Å². The second kappa shape index (κ2) is 7.59. The highest BCUT2D eigenvalue weighted by molar-refractivity contribution is 5.87. The number of amides is 1. The zero-order valence-corrected chi connectivity index (χ0v) is 12.6. The Morgan fingerprint density at radius 3 is 2.33 bits per heavy atom. The van der Waals surface area contributed by atoms with Crippen molar-refractivity contribution >= 4 is 11.9 Å². The van der Waals surface area contributed by atoms with Crippen LogP contribution in [0, 0.1) is 11.8 Å². The molecule has 0 aromatic carbocycles. The number of carboxylic acids is 1. The Hall–Kier alpha value is -1.36. The van der Waals surface area contributed by atoms with Crippen molar-refractivity contribution in [1.29, 1.82) is 0 Å². The van der Waals surface area contributed by atoms with Gasteiger partial charge in [0.1, 0.15) is 5.92 Å². The number of carbonyl (C=O) groups is 2. The van der Waals surface area contributed by atoms with Crippen LogP contribution in [0.1, 0.15) is 45.4 Å². The monoisotopic (exact) mass is 295 g/mol. The lowest BCUT2D eigenvalue weighted by molar-refractivity contribution is -0.146. The normalized spacial score (nSPS) is 29.8. The molecule has 21 heavy (non-hydrogen) atoms. The Labute approximate surface area is 125 Å². The number of carboxylic acid groups (broad SMARTS) is 1. The highest BCUT2D eigenvalue weighted by Gasteiger charge is 2.52. The van der Waals surface area contributed by atoms with E-state index in [0.29, 0.717) is 6.54 Å². The van der Waals surface area contributed by atoms with Gasteiger partial charge >= 0.3 is 5.97 Å². The van der Waals surface area contributed by atoms with Gasteiger partial charge in [-0.3, -0.25) is 9.59 Å². The van der Waals surface area contributed by atoms with Crippen LogP contribution < -0.4 is 5.32 Å². The molecule has 2 rings (SSSR count). The third kappa shape index (κ3) is 3.84. The van der Waals surface area contributed by atoms with Crippen molar-refractivity contribution in [1.82, 2.24) is 5.32 Å². The number of hydrogen-bond donors (Lipinski definition) is 2. The number of hydrogen-bond acceptors (Lipinski definition) is 3. The van der Waals surface area contributed by atoms with Gasteiger partial charge in [0.25, 0.3) is 0 Å². The van der Waals surface area contributed by atoms with Crippen LogP contribution in [0.4, 0.5) is 0 Å². The van der Waals surface area contributed by atoms with Crippen LogP contribution in [0.3, 0.4) is 0 Å². The van der Waals surface area contributed by atoms with Gasteiger partial charge in [0.05, 0.1) is 18.1 Å². The van der Waals surface area contributed by atoms with E-state index in [4.69, 9.17) is 4.74 Å². The molecule has 2 aliphatic rings. The van der Waals surface area contributed by atoms with Crippen molar-refractivity contribution in [3.63, 3.8) is 0 Å². The predicted molar refractivity (Wildman–Crippen MR) is 78.8 cm³/mol. The quantitative estimate of drug-likeness (QED) is 0.504. The summed E-state index contributed by atoms with van der Waals surface area (Å²) in [6, 6.07) is 0. The number of nitrogens with one attached hydrogen (secondary N) is 1. The van der Waals surface area contributed by atoms with Crippen molar-refractivity contribution in [3.05, 3.63) is 12.2 Å². The number of rotatable bonds is 9. The zero-order valence-electron chi connectivity index (χ0n) is 12.6. The van der Waals surface area contributed by atoms with Crippen LogP contribution >= 0.6 is 0 Å². The number of fused-ring (bicyclic) bond motifs is 2. The maximum absolute atomic E-state index is 12.2. The number of ether oxygens (including phenoxy) is 1. The van der Waals surface area contributed by atoms with E-state index in [2.05, 4.69) is 12.2 Å². The van der Waals surface area contributed by atoms with Gasteiger partial charge in [0, 0.05) is 6.54 Å². The Morgan fingerprint density at radius 2 is 1.67 bits per heavy atom. The van der Waals surface area contributed by atoms with Crippen LogP contribution in [0.2, 0.25) is 0 Å². The molecule has 1 fully saturated rings. The summed E-state index contributed by atoms with van der Waals surface area (Å²) in [6.45, 7) is 2.81. The molecule has 0 aromatic rings. The molecule has 4 atom stereocenters. The minimum absolute atomic E-state index is 0.187. The molecule has 0 aliphatic carbocycles. The molecular weight excluding hydrogens is 270 g/mol. The summed E-state index contributed by atoms with van der Waals surface area (Å²) in [4.78, 5) is 23.5. The average molecular weight is 295 g/mol. The largest absolute Gasteiger partial charge is 0.481 e. The first-order valence-corrected chi connectivity index (χ1v) is 7.99. The van der Waals surface area contributed by atoms with Crippen LogP contribution in [-0.4, -0.2) is 35.7 Å². The van der Waals surface area contributed by atoms with Gasteiger partial charge in [-0.25, -0.2) is 0 Å². The molecule has 5 heteroatoms. The first kappa shape index (κ1) is 16.0. The maximum Gasteiger partial charge on any atom is 0.310 e. The third-order valence-electron chi connectivity index (χ3n) is 4.32. The molecule has 1 saturated heterocycles. The fourth-order valence-corrected chi connectivity index (χ4v) is 3.15. The lowest BCUT2D eigenvalue weighted by atomic mass is 9.82. The summed E-state index contributed by atoms with van der Waals surface area (Å²) in [5.74, 6) is -2.47. The van der Waals surface area contributed by atoms with Gasteiger partial charge < -0.3 is 15.2 Å². The molecule has 0 saturated carbocycles. The van der Waals surface area contributed by atoms with Crippen molar-refractivity contribution in [3.8, 4) is 0 Å². The van der Waals surface area contributed by atoms with Crippen LogP contribution in [0.15, 0.2) is 12.2 Å². The SMILES string of the molecule is CCCCCCCCNC(=O)[C@H]1[C@H](C(=O)O)[C@H]2C=C[C@H]1O2. The molecule has 2 aliphatic heterocycles. The van der Waals surface area contributed by atoms with Crippen molar-refractivity contribution < 1.29 is 19.4 Å². The molecule has 118 valence electrons. The zero-order chi connectivity index (χ0) is 15.2. The lowest BCUT2D eigenvalue weighted by Gasteiger charge is -2.20. The minimum Gasteiger partial charge on any atom is -0.481 e. The first-order chi connectivity index (χ1) is 10.1. The molecule has 0 spiro atoms. The van der Waals surface area contributed by atoms with Crippen LogP contribution in [-0.2, 0) is 14.3 Å². The predicted octanol–water partition coefficient (Wildman–Crippen LogP) is 2.12. The Morgan fingerprint density at radius 1 is 1.05 bits per heavy atom. The van der Waals surface area contributed by atoms with Crippen molar-refractivity contribution in [2.45, 2.75) is 57.7 Å². The van der Waals surface area contributed by atoms with Gasteiger partial charge in [0.2, 0.25) is 5.91 Å². The molecule has 2 N–H and O–H groups in total. The summed E-state index contributed by atoms with van der Waals surface area (Å²) >= 11 is 0. The van der Waals surface area contributed by atoms with Crippen LogP contribution in [0.25, 0.3) is 0 Å². The molecule has 1 amide bonds. The molecule has 0 radical (unpaired) electrons. The molecule has 0 unspecified atom stereocenters. The molecule has 5 nitrogen and oxygen atoms in total. The van der Waals surface area contributed by atoms with Gasteiger partial charge in [0.15, 0.2) is 0 Å². The number of carbonyl (C=O) groups excluding carboxylic acids is 1. The van der Waals surface area contributed by atoms with Gasteiger partial charge in [-0.05, 0) is 6.42 Å². The summed E-state index contributed by atoms with van der Waals surface area (Å²) in [6.07, 6.45) is 9.73. The van der Waals surface area contributed by atoms with Crippen LogP contribution in [0.5, 0.6) is 0 Å². The smallest absolute Gasteiger partial charge is 0.310 e. The van der Waals surface area contributed by atoms with Crippen molar-refractivity contribution in [2.75, 3.05) is 6.54 Å². The Balaban J connectivity index is 1.71. The van der Waals surface area contributed by atoms with E-state index in [9.17, 15) is 14.7 Å². The van der Waals surface area contributed by atoms with E-state index >= 15 is 0 Å². The standard InChI is InChI=1S/C16H25NO4/c1-2-3-4-5-6-7-10-17-15(18)13-11-8-9-12(21-11)14(13)16(19)20/h8-9,11-14H,2-7,10H2,1H3,(H,17,18)(H,19,20)/t11-,12-,13-,14-/m1/s1. The summed E-state index contributed by atoms with van der Waals surface area (Å²) < 4.78 is 5.50. The van der Waals surface area contributed by atoms with Crippen molar-refractivity contribution in [2.24, 2.45) is 11.8 Å². The first-order valence-electron chi connectivity index (χ1n) is 7.99. The molecule has 2 bridgehead atoms. The van der Waals surface area contributed by atoms with Gasteiger partial charge in [-0.1, -0.05) is 51.2 Å². The Bertz CT molecular complexity index is 407. The van der Waals surface area contributed by atoms with E-state index in [1.165, 1.54) is 25.7 Å². The van der Waals surface area contributed by atoms with E-state index in [0.717, 1.165) is 12.8 Å². The average Bonchev–Trinajstić information content (AvgIpc) is 3.06. The fourth-order valence-electron chi connectivity index (χ4n) is 3.15. The van der Waals surface area contributed by atoms with Gasteiger partial charge in [-0.15, -0.1) is 0 Å². The maximum atomic E-state index is 12.2. The van der Waals surface area contributed by atoms with E-state index < -0.39 is 23.9 Å². The molecule has 2 heterocycles. The molecule has 0 aromatic heterocycles. The second-order valence-corrected chi connectivity index (χ2v) is 5.90. The highest BCUT2D eigenvalue weighted by Crippen LogP contribution is 2.39. The highest BCUT2D eigenvalue weighted by atomic mass is 16.5. The van der Waals surface area contributed by atoms with E-state index in [1.54, 1.807) is 12.2 Å². The van der Waals surface area contributed by atoms with E-state index in [-0.39, 0.29) is 12.0 Å². The minimum atomic E-state index is -0.952. The second-order valence-electron chi connectivity index (χ2n) is 5.90. The summed E-state index contributed by atoms with van der Waals surface area (Å²) in [7, 11) is 0. The van der Waals surface area contributed by atoms with E-state index in [1.807, 2.05) is 0 Å². The third-order valence-corrected chi connectivity index (χ3v) is 4.32. The number of aliphatic carboxylic acids is 1. The fraction of sp³-hybridized carbons (Fsp3) is 0.750.